The summed E-state index contributed by atoms with van der Waals surface area (Å²) < 4.78 is 47.0. The molecule has 7 heteroatoms. The summed E-state index contributed by atoms with van der Waals surface area (Å²) in [6.07, 6.45) is -7.23. The Labute approximate surface area is 104 Å². The van der Waals surface area contributed by atoms with Gasteiger partial charge >= 0.3 is 6.18 Å². The quantitative estimate of drug-likeness (QED) is 0.868. The third kappa shape index (κ3) is 3.86. The number of hydrogen-bond donors (Lipinski definition) is 1. The summed E-state index contributed by atoms with van der Waals surface area (Å²) in [5.41, 5.74) is -0.285. The van der Waals surface area contributed by atoms with Crippen molar-refractivity contribution in [2.24, 2.45) is 0 Å². The molecule has 0 aliphatic carbocycles. The first kappa shape index (κ1) is 14.3. The summed E-state index contributed by atoms with van der Waals surface area (Å²) in [6.45, 7) is -0.0931. The van der Waals surface area contributed by atoms with E-state index in [0.717, 1.165) is 6.07 Å². The van der Waals surface area contributed by atoms with Crippen molar-refractivity contribution in [2.75, 3.05) is 13.9 Å². The van der Waals surface area contributed by atoms with E-state index in [1.807, 2.05) is 0 Å². The van der Waals surface area contributed by atoms with Crippen LogP contribution in [0.2, 0.25) is 0 Å². The van der Waals surface area contributed by atoms with E-state index < -0.39 is 12.3 Å². The van der Waals surface area contributed by atoms with Crippen LogP contribution >= 0.6 is 15.9 Å². The van der Waals surface area contributed by atoms with Gasteiger partial charge in [0.2, 0.25) is 0 Å². The summed E-state index contributed by atoms with van der Waals surface area (Å²) >= 11 is 3.12. The number of benzene rings is 1. The van der Waals surface area contributed by atoms with Crippen molar-refractivity contribution in [3.8, 4) is 5.75 Å². The Balaban J connectivity index is 2.95. The van der Waals surface area contributed by atoms with Crippen LogP contribution in [0.3, 0.4) is 0 Å². The molecule has 0 fully saturated rings. The van der Waals surface area contributed by atoms with Crippen molar-refractivity contribution >= 4 is 15.9 Å². The Kier molecular flexibility index (Phi) is 4.79. The smallest absolute Gasteiger partial charge is 0.418 e. The molecular formula is C10H10BrF3O3. The normalized spacial score (nSPS) is 13.5. The number of aliphatic hydroxyl groups is 1. The predicted molar refractivity (Wildman–Crippen MR) is 57.7 cm³/mol. The lowest BCUT2D eigenvalue weighted by atomic mass is 10.1. The SMILES string of the molecule is COCOc1cc(C(O)C(F)(F)F)ccc1Br. The van der Waals surface area contributed by atoms with E-state index >= 15 is 0 Å². The van der Waals surface area contributed by atoms with Crippen molar-refractivity contribution in [1.29, 1.82) is 0 Å². The van der Waals surface area contributed by atoms with Crippen LogP contribution in [-0.4, -0.2) is 25.2 Å². The predicted octanol–water partition coefficient (Wildman–Crippen LogP) is 3.03. The standard InChI is InChI=1S/C10H10BrF3O3/c1-16-5-17-8-4-6(2-3-7(8)11)9(15)10(12,13)14/h2-4,9,15H,5H2,1H3. The summed E-state index contributed by atoms with van der Waals surface area (Å²) in [4.78, 5) is 0. The van der Waals surface area contributed by atoms with E-state index in [9.17, 15) is 13.2 Å². The van der Waals surface area contributed by atoms with Gasteiger partial charge in [-0.05, 0) is 33.6 Å². The van der Waals surface area contributed by atoms with Gasteiger partial charge in [-0.2, -0.15) is 13.2 Å². The molecule has 0 amide bonds. The Morgan fingerprint density at radius 1 is 1.41 bits per heavy atom. The molecule has 0 aromatic heterocycles. The molecule has 0 saturated heterocycles. The van der Waals surface area contributed by atoms with E-state index in [1.165, 1.54) is 19.2 Å². The van der Waals surface area contributed by atoms with Gasteiger partial charge in [-0.15, -0.1) is 0 Å². The van der Waals surface area contributed by atoms with Crippen LogP contribution in [0.5, 0.6) is 5.75 Å². The molecule has 0 spiro atoms. The maximum atomic E-state index is 12.3. The molecule has 1 unspecified atom stereocenters. The second-order valence-corrected chi connectivity index (χ2v) is 4.04. The Hall–Kier alpha value is -0.790. The average molecular weight is 315 g/mol. The fourth-order valence-corrected chi connectivity index (χ4v) is 1.47. The van der Waals surface area contributed by atoms with Gasteiger partial charge in [0.15, 0.2) is 12.9 Å². The number of hydrogen-bond acceptors (Lipinski definition) is 3. The van der Waals surface area contributed by atoms with E-state index in [-0.39, 0.29) is 18.1 Å². The van der Waals surface area contributed by atoms with Gasteiger partial charge in [0.1, 0.15) is 5.75 Å². The summed E-state index contributed by atoms with van der Waals surface area (Å²) in [5.74, 6) is 0.174. The molecule has 0 heterocycles. The van der Waals surface area contributed by atoms with Crippen molar-refractivity contribution in [3.63, 3.8) is 0 Å². The highest BCUT2D eigenvalue weighted by molar-refractivity contribution is 9.10. The van der Waals surface area contributed by atoms with Crippen LogP contribution in [0.25, 0.3) is 0 Å². The second kappa shape index (κ2) is 5.70. The number of alkyl halides is 3. The maximum Gasteiger partial charge on any atom is 0.418 e. The summed E-state index contributed by atoms with van der Waals surface area (Å²) in [6, 6.07) is 3.65. The van der Waals surface area contributed by atoms with E-state index in [0.29, 0.717) is 4.47 Å². The molecule has 0 aliphatic rings. The zero-order chi connectivity index (χ0) is 13.1. The molecule has 1 rings (SSSR count). The number of rotatable bonds is 4. The minimum absolute atomic E-state index is 0.0931. The lowest BCUT2D eigenvalue weighted by Crippen LogP contribution is -2.20. The van der Waals surface area contributed by atoms with E-state index in [4.69, 9.17) is 9.84 Å². The minimum Gasteiger partial charge on any atom is -0.466 e. The van der Waals surface area contributed by atoms with E-state index in [1.54, 1.807) is 0 Å². The lowest BCUT2D eigenvalue weighted by molar-refractivity contribution is -0.206. The van der Waals surface area contributed by atoms with Crippen molar-refractivity contribution in [1.82, 2.24) is 0 Å². The molecule has 0 saturated carbocycles. The molecule has 0 aliphatic heterocycles. The topological polar surface area (TPSA) is 38.7 Å². The van der Waals surface area contributed by atoms with Gasteiger partial charge in [0, 0.05) is 7.11 Å². The highest BCUT2D eigenvalue weighted by Gasteiger charge is 2.39. The third-order valence-electron chi connectivity index (χ3n) is 1.91. The van der Waals surface area contributed by atoms with Crippen LogP contribution in [0.15, 0.2) is 22.7 Å². The first-order valence-corrected chi connectivity index (χ1v) is 5.31. The first-order chi connectivity index (χ1) is 7.86. The second-order valence-electron chi connectivity index (χ2n) is 3.18. The fraction of sp³-hybridized carbons (Fsp3) is 0.400. The first-order valence-electron chi connectivity index (χ1n) is 4.52. The van der Waals surface area contributed by atoms with Gasteiger partial charge < -0.3 is 14.6 Å². The zero-order valence-corrected chi connectivity index (χ0v) is 10.4. The van der Waals surface area contributed by atoms with Crippen LogP contribution in [-0.2, 0) is 4.74 Å². The maximum absolute atomic E-state index is 12.3. The molecule has 1 atom stereocenters. The number of methoxy groups -OCH3 is 1. The Morgan fingerprint density at radius 2 is 2.06 bits per heavy atom. The molecule has 0 bridgehead atoms. The molecule has 1 aromatic carbocycles. The van der Waals surface area contributed by atoms with Gasteiger partial charge in [-0.25, -0.2) is 0 Å². The Morgan fingerprint density at radius 3 is 2.59 bits per heavy atom. The van der Waals surface area contributed by atoms with Gasteiger partial charge in [-0.1, -0.05) is 6.07 Å². The monoisotopic (exact) mass is 314 g/mol. The Bertz CT molecular complexity index is 382. The van der Waals surface area contributed by atoms with Crippen molar-refractivity contribution in [2.45, 2.75) is 12.3 Å². The van der Waals surface area contributed by atoms with E-state index in [2.05, 4.69) is 20.7 Å². The highest BCUT2D eigenvalue weighted by Crippen LogP contribution is 2.36. The largest absolute Gasteiger partial charge is 0.466 e. The molecule has 1 N–H and O–H groups in total. The third-order valence-corrected chi connectivity index (χ3v) is 2.57. The molecule has 96 valence electrons. The van der Waals surface area contributed by atoms with Crippen LogP contribution in [0.1, 0.15) is 11.7 Å². The lowest BCUT2D eigenvalue weighted by Gasteiger charge is -2.16. The van der Waals surface area contributed by atoms with Gasteiger partial charge in [0.25, 0.3) is 0 Å². The highest BCUT2D eigenvalue weighted by atomic mass is 79.9. The number of halogens is 4. The van der Waals surface area contributed by atoms with Crippen molar-refractivity contribution < 1.29 is 27.8 Å². The number of ether oxygens (including phenoxy) is 2. The number of aliphatic hydroxyl groups excluding tert-OH is 1. The summed E-state index contributed by atoms with van der Waals surface area (Å²) in [7, 11) is 1.39. The summed E-state index contributed by atoms with van der Waals surface area (Å²) in [5, 5.41) is 9.07. The molecular weight excluding hydrogens is 305 g/mol. The zero-order valence-electron chi connectivity index (χ0n) is 8.79. The minimum atomic E-state index is -4.70. The van der Waals surface area contributed by atoms with Gasteiger partial charge in [0.05, 0.1) is 4.47 Å². The fourth-order valence-electron chi connectivity index (χ4n) is 1.11. The molecule has 3 nitrogen and oxygen atoms in total. The van der Waals surface area contributed by atoms with Crippen LogP contribution < -0.4 is 4.74 Å². The average Bonchev–Trinajstić information content (AvgIpc) is 2.26. The molecule has 1 aromatic rings. The molecule has 17 heavy (non-hydrogen) atoms. The van der Waals surface area contributed by atoms with Crippen molar-refractivity contribution in [3.05, 3.63) is 28.2 Å². The van der Waals surface area contributed by atoms with Crippen LogP contribution in [0, 0.1) is 0 Å². The van der Waals surface area contributed by atoms with Gasteiger partial charge in [-0.3, -0.25) is 0 Å². The molecule has 0 radical (unpaired) electrons. The van der Waals surface area contributed by atoms with Crippen LogP contribution in [0.4, 0.5) is 13.2 Å².